The van der Waals surface area contributed by atoms with Gasteiger partial charge in [0.05, 0.1) is 11.5 Å². The zero-order valence-electron chi connectivity index (χ0n) is 11.1. The van der Waals surface area contributed by atoms with Gasteiger partial charge in [-0.2, -0.15) is 0 Å². The molecule has 1 rings (SSSR count). The van der Waals surface area contributed by atoms with Crippen molar-refractivity contribution in [2.75, 3.05) is 20.1 Å². The standard InChI is InChI=1S/C12H23N3O2/c1-8-5-6-14-9(8)10(16)15-7-12(2,3)11(17)13-4/h8-9,14H,5-7H2,1-4H3,(H,13,17)(H,15,16). The van der Waals surface area contributed by atoms with Crippen molar-refractivity contribution < 1.29 is 9.59 Å². The molecule has 0 spiro atoms. The molecule has 1 aliphatic rings. The minimum absolute atomic E-state index is 0.00743. The maximum Gasteiger partial charge on any atom is 0.237 e. The molecule has 0 aromatic carbocycles. The topological polar surface area (TPSA) is 70.2 Å². The lowest BCUT2D eigenvalue weighted by Crippen LogP contribution is -2.49. The molecule has 1 saturated heterocycles. The third kappa shape index (κ3) is 3.43. The van der Waals surface area contributed by atoms with Crippen molar-refractivity contribution in [3.8, 4) is 0 Å². The van der Waals surface area contributed by atoms with Gasteiger partial charge >= 0.3 is 0 Å². The molecular formula is C12H23N3O2. The van der Waals surface area contributed by atoms with Crippen LogP contribution in [0.15, 0.2) is 0 Å². The van der Waals surface area contributed by atoms with Gasteiger partial charge in [0, 0.05) is 13.6 Å². The second kappa shape index (κ2) is 5.49. The molecule has 0 saturated carbocycles. The van der Waals surface area contributed by atoms with E-state index in [1.54, 1.807) is 7.05 Å². The van der Waals surface area contributed by atoms with Crippen LogP contribution in [-0.4, -0.2) is 38.0 Å². The highest BCUT2D eigenvalue weighted by Gasteiger charge is 2.32. The first-order valence-electron chi connectivity index (χ1n) is 6.12. The van der Waals surface area contributed by atoms with E-state index in [1.807, 2.05) is 13.8 Å². The fourth-order valence-corrected chi connectivity index (χ4v) is 2.02. The molecule has 0 aromatic heterocycles. The Balaban J connectivity index is 2.45. The Hall–Kier alpha value is -1.10. The molecular weight excluding hydrogens is 218 g/mol. The van der Waals surface area contributed by atoms with Crippen molar-refractivity contribution >= 4 is 11.8 Å². The highest BCUT2D eigenvalue weighted by Crippen LogP contribution is 2.16. The summed E-state index contributed by atoms with van der Waals surface area (Å²) in [4.78, 5) is 23.5. The van der Waals surface area contributed by atoms with Gasteiger partial charge in [0.1, 0.15) is 0 Å². The third-order valence-electron chi connectivity index (χ3n) is 3.36. The molecule has 3 N–H and O–H groups in total. The van der Waals surface area contributed by atoms with Crippen LogP contribution in [0.3, 0.4) is 0 Å². The third-order valence-corrected chi connectivity index (χ3v) is 3.36. The van der Waals surface area contributed by atoms with E-state index < -0.39 is 5.41 Å². The van der Waals surface area contributed by atoms with E-state index in [-0.39, 0.29) is 17.9 Å². The summed E-state index contributed by atoms with van der Waals surface area (Å²) in [5, 5.41) is 8.62. The van der Waals surface area contributed by atoms with Crippen molar-refractivity contribution in [3.63, 3.8) is 0 Å². The van der Waals surface area contributed by atoms with E-state index >= 15 is 0 Å². The van der Waals surface area contributed by atoms with E-state index in [4.69, 9.17) is 0 Å². The second-order valence-electron chi connectivity index (χ2n) is 5.38. The quantitative estimate of drug-likeness (QED) is 0.642. The van der Waals surface area contributed by atoms with Gasteiger partial charge in [-0.1, -0.05) is 6.92 Å². The van der Waals surface area contributed by atoms with E-state index in [2.05, 4.69) is 22.9 Å². The summed E-state index contributed by atoms with van der Waals surface area (Å²) in [6.07, 6.45) is 1.02. The largest absolute Gasteiger partial charge is 0.359 e. The number of rotatable bonds is 4. The Kier molecular flexibility index (Phi) is 4.51. The average molecular weight is 241 g/mol. The zero-order chi connectivity index (χ0) is 13.1. The fraction of sp³-hybridized carbons (Fsp3) is 0.833. The number of carbonyl (C=O) groups is 2. The van der Waals surface area contributed by atoms with Crippen LogP contribution in [0.4, 0.5) is 0 Å². The van der Waals surface area contributed by atoms with Gasteiger partial charge in [0.25, 0.3) is 0 Å². The van der Waals surface area contributed by atoms with Crippen LogP contribution in [0, 0.1) is 11.3 Å². The Labute approximate surface area is 103 Å². The van der Waals surface area contributed by atoms with Crippen LogP contribution >= 0.6 is 0 Å². The number of hydrogen-bond acceptors (Lipinski definition) is 3. The molecule has 98 valence electrons. The van der Waals surface area contributed by atoms with Gasteiger partial charge < -0.3 is 16.0 Å². The van der Waals surface area contributed by atoms with Crippen LogP contribution in [-0.2, 0) is 9.59 Å². The molecule has 2 unspecified atom stereocenters. The lowest BCUT2D eigenvalue weighted by atomic mass is 9.92. The maximum absolute atomic E-state index is 11.9. The van der Waals surface area contributed by atoms with Crippen molar-refractivity contribution in [2.24, 2.45) is 11.3 Å². The summed E-state index contributed by atoms with van der Waals surface area (Å²) in [7, 11) is 1.60. The fourth-order valence-electron chi connectivity index (χ4n) is 2.02. The summed E-state index contributed by atoms with van der Waals surface area (Å²) in [5.74, 6) is 0.287. The van der Waals surface area contributed by atoms with E-state index in [9.17, 15) is 9.59 Å². The van der Waals surface area contributed by atoms with Crippen molar-refractivity contribution in [1.82, 2.24) is 16.0 Å². The molecule has 1 heterocycles. The van der Waals surface area contributed by atoms with E-state index in [0.29, 0.717) is 12.5 Å². The molecule has 0 radical (unpaired) electrons. The molecule has 1 aliphatic heterocycles. The first kappa shape index (κ1) is 14.0. The molecule has 0 bridgehead atoms. The van der Waals surface area contributed by atoms with Gasteiger partial charge in [-0.3, -0.25) is 9.59 Å². The zero-order valence-corrected chi connectivity index (χ0v) is 11.1. The molecule has 2 atom stereocenters. The highest BCUT2D eigenvalue weighted by atomic mass is 16.2. The normalized spacial score (nSPS) is 24.5. The van der Waals surface area contributed by atoms with Crippen LogP contribution < -0.4 is 16.0 Å². The monoisotopic (exact) mass is 241 g/mol. The van der Waals surface area contributed by atoms with Gasteiger partial charge in [-0.15, -0.1) is 0 Å². The highest BCUT2D eigenvalue weighted by molar-refractivity contribution is 5.85. The summed E-state index contributed by atoms with van der Waals surface area (Å²) in [6.45, 7) is 6.94. The second-order valence-corrected chi connectivity index (χ2v) is 5.38. The summed E-state index contributed by atoms with van der Waals surface area (Å²) in [5.41, 5.74) is -0.577. The minimum atomic E-state index is -0.577. The number of nitrogens with one attached hydrogen (secondary N) is 3. The summed E-state index contributed by atoms with van der Waals surface area (Å²) in [6, 6.07) is -0.115. The Morgan fingerprint density at radius 3 is 2.53 bits per heavy atom. The predicted molar refractivity (Wildman–Crippen MR) is 66.4 cm³/mol. The van der Waals surface area contributed by atoms with Crippen LogP contribution in [0.5, 0.6) is 0 Å². The Morgan fingerprint density at radius 1 is 1.41 bits per heavy atom. The predicted octanol–water partition coefficient (Wildman–Crippen LogP) is -0.127. The van der Waals surface area contributed by atoms with Crippen molar-refractivity contribution in [2.45, 2.75) is 33.2 Å². The maximum atomic E-state index is 11.9. The molecule has 17 heavy (non-hydrogen) atoms. The molecule has 2 amide bonds. The first-order chi connectivity index (χ1) is 7.88. The molecule has 0 aromatic rings. The number of hydrogen-bond donors (Lipinski definition) is 3. The van der Waals surface area contributed by atoms with E-state index in [1.165, 1.54) is 0 Å². The van der Waals surface area contributed by atoms with Crippen LogP contribution in [0.2, 0.25) is 0 Å². The summed E-state index contributed by atoms with van der Waals surface area (Å²) >= 11 is 0. The van der Waals surface area contributed by atoms with Gasteiger partial charge in [0.15, 0.2) is 0 Å². The van der Waals surface area contributed by atoms with Crippen molar-refractivity contribution in [3.05, 3.63) is 0 Å². The van der Waals surface area contributed by atoms with Crippen LogP contribution in [0.1, 0.15) is 27.2 Å². The van der Waals surface area contributed by atoms with Crippen LogP contribution in [0.25, 0.3) is 0 Å². The molecule has 1 fully saturated rings. The number of carbonyl (C=O) groups excluding carboxylic acids is 2. The average Bonchev–Trinajstić information content (AvgIpc) is 2.71. The Bertz CT molecular complexity index is 302. The number of amides is 2. The smallest absolute Gasteiger partial charge is 0.237 e. The SMILES string of the molecule is CNC(=O)C(C)(C)CNC(=O)C1NCCC1C. The van der Waals surface area contributed by atoms with Gasteiger partial charge in [0.2, 0.25) is 11.8 Å². The lowest BCUT2D eigenvalue weighted by molar-refractivity contribution is -0.129. The van der Waals surface area contributed by atoms with Gasteiger partial charge in [-0.05, 0) is 32.7 Å². The van der Waals surface area contributed by atoms with Gasteiger partial charge in [-0.25, -0.2) is 0 Å². The molecule has 5 nitrogen and oxygen atoms in total. The minimum Gasteiger partial charge on any atom is -0.359 e. The van der Waals surface area contributed by atoms with Crippen molar-refractivity contribution in [1.29, 1.82) is 0 Å². The molecule has 5 heteroatoms. The first-order valence-corrected chi connectivity index (χ1v) is 6.12. The van der Waals surface area contributed by atoms with E-state index in [0.717, 1.165) is 13.0 Å². The molecule has 0 aliphatic carbocycles. The lowest BCUT2D eigenvalue weighted by Gasteiger charge is -2.24. The summed E-state index contributed by atoms with van der Waals surface area (Å²) < 4.78 is 0. The Morgan fingerprint density at radius 2 is 2.06 bits per heavy atom.